The van der Waals surface area contributed by atoms with Crippen molar-refractivity contribution in [1.29, 1.82) is 0 Å². The fourth-order valence-corrected chi connectivity index (χ4v) is 2.94. The van der Waals surface area contributed by atoms with Gasteiger partial charge in [0, 0.05) is 19.3 Å². The first kappa shape index (κ1) is 14.2. The molecule has 0 aliphatic carbocycles. The van der Waals surface area contributed by atoms with Crippen molar-refractivity contribution in [3.8, 4) is 0 Å². The van der Waals surface area contributed by atoms with Gasteiger partial charge in [0.25, 0.3) is 0 Å². The van der Waals surface area contributed by atoms with E-state index < -0.39 is 0 Å². The second kappa shape index (κ2) is 4.72. The van der Waals surface area contributed by atoms with Crippen molar-refractivity contribution < 1.29 is 4.74 Å². The third kappa shape index (κ3) is 3.22. The lowest BCUT2D eigenvalue weighted by Crippen LogP contribution is -2.57. The number of hydrogen-bond acceptors (Lipinski definition) is 4. The molecule has 0 unspecified atom stereocenters. The Kier molecular flexibility index (Phi) is 3.53. The lowest BCUT2D eigenvalue weighted by atomic mass is 9.98. The highest BCUT2D eigenvalue weighted by molar-refractivity contribution is 7.80. The molecule has 1 aromatic heterocycles. The molecule has 0 saturated carbocycles. The van der Waals surface area contributed by atoms with E-state index in [-0.39, 0.29) is 11.2 Å². The normalized spacial score (nSPS) is 21.2. The Bertz CT molecular complexity index is 483. The first-order valence-corrected chi connectivity index (χ1v) is 6.81. The Morgan fingerprint density at radius 3 is 2.42 bits per heavy atom. The van der Waals surface area contributed by atoms with Gasteiger partial charge in [0.05, 0.1) is 16.8 Å². The maximum atomic E-state index is 6.08. The predicted molar refractivity (Wildman–Crippen MR) is 81.6 cm³/mol. The smallest absolute Gasteiger partial charge is 0.138 e. The molecule has 2 N–H and O–H groups in total. The summed E-state index contributed by atoms with van der Waals surface area (Å²) in [6.45, 7) is 9.88. The Hall–Kier alpha value is -1.20. The van der Waals surface area contributed by atoms with Crippen molar-refractivity contribution in [2.75, 3.05) is 18.0 Å². The molecule has 1 aliphatic heterocycles. The first-order chi connectivity index (χ1) is 8.70. The van der Waals surface area contributed by atoms with Gasteiger partial charge >= 0.3 is 0 Å². The maximum absolute atomic E-state index is 6.08. The fourth-order valence-electron chi connectivity index (χ4n) is 2.78. The van der Waals surface area contributed by atoms with Crippen LogP contribution in [0.25, 0.3) is 0 Å². The van der Waals surface area contributed by atoms with Crippen LogP contribution >= 0.6 is 12.2 Å². The second-order valence-corrected chi connectivity index (χ2v) is 6.66. The predicted octanol–water partition coefficient (Wildman–Crippen LogP) is 2.11. The molecule has 1 aliphatic rings. The summed E-state index contributed by atoms with van der Waals surface area (Å²) in [5, 5.41) is 0. The third-order valence-electron chi connectivity index (χ3n) is 3.05. The molecular formula is C14H21N3OS. The van der Waals surface area contributed by atoms with E-state index in [9.17, 15) is 0 Å². The van der Waals surface area contributed by atoms with Gasteiger partial charge in [0.2, 0.25) is 0 Å². The number of thiocarbonyl (C=S) groups is 1. The van der Waals surface area contributed by atoms with Crippen LogP contribution in [0.4, 0.5) is 5.82 Å². The minimum absolute atomic E-state index is 0.229. The van der Waals surface area contributed by atoms with E-state index >= 15 is 0 Å². The van der Waals surface area contributed by atoms with Gasteiger partial charge in [-0.15, -0.1) is 0 Å². The zero-order chi connectivity index (χ0) is 14.3. The summed E-state index contributed by atoms with van der Waals surface area (Å²) in [6.07, 6.45) is 1.77. The SMILES string of the molecule is CC1(C)CN(c2ncccc2C(N)=S)CC(C)(C)O1. The topological polar surface area (TPSA) is 51.4 Å². The average molecular weight is 279 g/mol. The quantitative estimate of drug-likeness (QED) is 0.840. The van der Waals surface area contributed by atoms with Gasteiger partial charge in [-0.05, 0) is 39.8 Å². The van der Waals surface area contributed by atoms with Crippen molar-refractivity contribution in [3.63, 3.8) is 0 Å². The number of hydrogen-bond donors (Lipinski definition) is 1. The number of nitrogens with two attached hydrogens (primary N) is 1. The molecule has 0 spiro atoms. The van der Waals surface area contributed by atoms with Crippen LogP contribution in [0.5, 0.6) is 0 Å². The molecule has 0 aromatic carbocycles. The molecule has 1 fully saturated rings. The lowest BCUT2D eigenvalue weighted by Gasteiger charge is -2.47. The third-order valence-corrected chi connectivity index (χ3v) is 3.27. The van der Waals surface area contributed by atoms with E-state index in [1.807, 2.05) is 12.1 Å². The van der Waals surface area contributed by atoms with Crippen LogP contribution in [0.2, 0.25) is 0 Å². The van der Waals surface area contributed by atoms with Gasteiger partial charge in [0.15, 0.2) is 0 Å². The number of morpholine rings is 1. The van der Waals surface area contributed by atoms with Crippen molar-refractivity contribution in [3.05, 3.63) is 23.9 Å². The van der Waals surface area contributed by atoms with Crippen LogP contribution in [-0.4, -0.2) is 34.3 Å². The molecular weight excluding hydrogens is 258 g/mol. The largest absolute Gasteiger partial charge is 0.389 e. The van der Waals surface area contributed by atoms with Crippen LogP contribution in [0.3, 0.4) is 0 Å². The van der Waals surface area contributed by atoms with Gasteiger partial charge in [-0.25, -0.2) is 4.98 Å². The number of anilines is 1. The van der Waals surface area contributed by atoms with Crippen LogP contribution in [0, 0.1) is 0 Å². The number of ether oxygens (including phenoxy) is 1. The first-order valence-electron chi connectivity index (χ1n) is 6.40. The van der Waals surface area contributed by atoms with E-state index in [0.29, 0.717) is 4.99 Å². The number of rotatable bonds is 2. The van der Waals surface area contributed by atoms with E-state index in [4.69, 9.17) is 22.7 Å². The monoisotopic (exact) mass is 279 g/mol. The zero-order valence-corrected chi connectivity index (χ0v) is 12.8. The lowest BCUT2D eigenvalue weighted by molar-refractivity contribution is -0.133. The number of aromatic nitrogens is 1. The Balaban J connectivity index is 2.39. The van der Waals surface area contributed by atoms with Crippen molar-refractivity contribution >= 4 is 23.0 Å². The molecule has 0 radical (unpaired) electrons. The van der Waals surface area contributed by atoms with Crippen molar-refractivity contribution in [2.45, 2.75) is 38.9 Å². The van der Waals surface area contributed by atoms with Gasteiger partial charge in [-0.2, -0.15) is 0 Å². The van der Waals surface area contributed by atoms with E-state index in [2.05, 4.69) is 37.6 Å². The Morgan fingerprint density at radius 1 is 1.32 bits per heavy atom. The second-order valence-electron chi connectivity index (χ2n) is 6.22. The number of pyridine rings is 1. The van der Waals surface area contributed by atoms with Crippen LogP contribution in [0.1, 0.15) is 33.3 Å². The summed E-state index contributed by atoms with van der Waals surface area (Å²) >= 11 is 5.11. The van der Waals surface area contributed by atoms with E-state index in [1.54, 1.807) is 6.20 Å². The molecule has 0 bridgehead atoms. The summed E-state index contributed by atoms with van der Waals surface area (Å²) in [4.78, 5) is 7.04. The maximum Gasteiger partial charge on any atom is 0.138 e. The minimum Gasteiger partial charge on any atom is -0.389 e. The van der Waals surface area contributed by atoms with Crippen molar-refractivity contribution in [1.82, 2.24) is 4.98 Å². The van der Waals surface area contributed by atoms with Gasteiger partial charge in [-0.1, -0.05) is 12.2 Å². The van der Waals surface area contributed by atoms with Crippen LogP contribution in [0.15, 0.2) is 18.3 Å². The average Bonchev–Trinajstić information content (AvgIpc) is 2.24. The standard InChI is InChI=1S/C14H21N3OS/c1-13(2)8-17(9-14(3,4)18-13)12-10(11(15)19)6-5-7-16-12/h5-7H,8-9H2,1-4H3,(H2,15,19). The molecule has 104 valence electrons. The fraction of sp³-hybridized carbons (Fsp3) is 0.571. The highest BCUT2D eigenvalue weighted by Crippen LogP contribution is 2.31. The van der Waals surface area contributed by atoms with Crippen molar-refractivity contribution in [2.24, 2.45) is 5.73 Å². The Labute approximate surface area is 120 Å². The summed E-state index contributed by atoms with van der Waals surface area (Å²) in [5.41, 5.74) is 6.16. The van der Waals surface area contributed by atoms with Gasteiger partial charge < -0.3 is 15.4 Å². The molecule has 2 heterocycles. The highest BCUT2D eigenvalue weighted by Gasteiger charge is 2.39. The van der Waals surface area contributed by atoms with Gasteiger partial charge in [0.1, 0.15) is 10.8 Å². The molecule has 2 rings (SSSR count). The van der Waals surface area contributed by atoms with Gasteiger partial charge in [-0.3, -0.25) is 0 Å². The van der Waals surface area contributed by atoms with E-state index in [1.165, 1.54) is 0 Å². The molecule has 1 aromatic rings. The number of nitrogens with zero attached hydrogens (tertiary/aromatic N) is 2. The molecule has 19 heavy (non-hydrogen) atoms. The molecule has 4 nitrogen and oxygen atoms in total. The van der Waals surface area contributed by atoms with Crippen LogP contribution in [-0.2, 0) is 4.74 Å². The molecule has 1 saturated heterocycles. The van der Waals surface area contributed by atoms with E-state index in [0.717, 1.165) is 24.5 Å². The molecule has 0 atom stereocenters. The summed E-state index contributed by atoms with van der Waals surface area (Å²) in [5.74, 6) is 0.847. The zero-order valence-electron chi connectivity index (χ0n) is 11.9. The highest BCUT2D eigenvalue weighted by atomic mass is 32.1. The summed E-state index contributed by atoms with van der Waals surface area (Å²) < 4.78 is 6.08. The Morgan fingerprint density at radius 2 is 1.89 bits per heavy atom. The minimum atomic E-state index is -0.229. The van der Waals surface area contributed by atoms with Crippen LogP contribution < -0.4 is 10.6 Å². The molecule has 5 heteroatoms. The summed E-state index contributed by atoms with van der Waals surface area (Å²) in [7, 11) is 0. The molecule has 0 amide bonds. The summed E-state index contributed by atoms with van der Waals surface area (Å²) in [6, 6.07) is 3.77.